The second-order valence-electron chi connectivity index (χ2n) is 5.71. The number of oxazole rings is 1. The van der Waals surface area contributed by atoms with Crippen LogP contribution in [0.15, 0.2) is 70.3 Å². The summed E-state index contributed by atoms with van der Waals surface area (Å²) in [7, 11) is 1.67. The summed E-state index contributed by atoms with van der Waals surface area (Å²) in [5, 5.41) is 17.0. The van der Waals surface area contributed by atoms with E-state index in [0.29, 0.717) is 24.9 Å². The summed E-state index contributed by atoms with van der Waals surface area (Å²) in [6, 6.07) is 16.1. The first-order valence-electron chi connectivity index (χ1n) is 8.33. The van der Waals surface area contributed by atoms with E-state index in [1.54, 1.807) is 25.4 Å². The maximum absolute atomic E-state index is 10.7. The monoisotopic (exact) mass is 365 g/mol. The van der Waals surface area contributed by atoms with Crippen LogP contribution in [0.25, 0.3) is 11.5 Å². The Kier molecular flexibility index (Phi) is 5.78. The molecule has 1 heterocycles. The second kappa shape index (κ2) is 8.61. The Hall–Kier alpha value is -3.68. The van der Waals surface area contributed by atoms with E-state index in [1.165, 1.54) is 12.1 Å². The molecule has 2 aromatic carbocycles. The van der Waals surface area contributed by atoms with Crippen molar-refractivity contribution >= 4 is 11.6 Å². The largest absolute Gasteiger partial charge is 0.444 e. The van der Waals surface area contributed by atoms with Gasteiger partial charge in [-0.05, 0) is 17.7 Å². The minimum Gasteiger partial charge on any atom is -0.444 e. The van der Waals surface area contributed by atoms with Gasteiger partial charge in [-0.1, -0.05) is 30.3 Å². The van der Waals surface area contributed by atoms with Crippen LogP contribution in [-0.2, 0) is 13.1 Å². The van der Waals surface area contributed by atoms with Gasteiger partial charge >= 0.3 is 0 Å². The van der Waals surface area contributed by atoms with Gasteiger partial charge in [0.25, 0.3) is 5.69 Å². The summed E-state index contributed by atoms with van der Waals surface area (Å²) in [6.07, 6.45) is 1.61. The van der Waals surface area contributed by atoms with Gasteiger partial charge in [0.15, 0.2) is 5.96 Å². The third-order valence-corrected chi connectivity index (χ3v) is 3.84. The number of hydrogen-bond donors (Lipinski definition) is 2. The number of guanidine groups is 1. The molecule has 8 heteroatoms. The molecule has 1 aromatic heterocycles. The zero-order valence-corrected chi connectivity index (χ0v) is 14.8. The van der Waals surface area contributed by atoms with Crippen LogP contribution in [0, 0.1) is 10.1 Å². The molecule has 0 unspecified atom stereocenters. The first-order chi connectivity index (χ1) is 13.2. The van der Waals surface area contributed by atoms with E-state index < -0.39 is 4.92 Å². The summed E-state index contributed by atoms with van der Waals surface area (Å²) in [5.74, 6) is 1.17. The zero-order chi connectivity index (χ0) is 19.1. The molecule has 2 N–H and O–H groups in total. The van der Waals surface area contributed by atoms with Crippen LogP contribution < -0.4 is 10.6 Å². The molecule has 0 amide bonds. The number of non-ortho nitro benzene ring substituents is 1. The zero-order valence-electron chi connectivity index (χ0n) is 14.8. The van der Waals surface area contributed by atoms with Crippen LogP contribution >= 0.6 is 0 Å². The lowest BCUT2D eigenvalue weighted by atomic mass is 10.2. The molecule has 0 fully saturated rings. The maximum Gasteiger partial charge on any atom is 0.269 e. The van der Waals surface area contributed by atoms with Gasteiger partial charge in [0, 0.05) is 31.3 Å². The molecule has 0 aliphatic heterocycles. The molecule has 0 bridgehead atoms. The van der Waals surface area contributed by atoms with E-state index in [4.69, 9.17) is 4.42 Å². The van der Waals surface area contributed by atoms with Crippen molar-refractivity contribution in [2.45, 2.75) is 13.1 Å². The van der Waals surface area contributed by atoms with Crippen molar-refractivity contribution in [1.82, 2.24) is 15.6 Å². The van der Waals surface area contributed by atoms with Gasteiger partial charge in [0.1, 0.15) is 6.26 Å². The molecular formula is C19H19N5O3. The SMILES string of the molecule is CN=C(NCc1ccc([N+](=O)[O-])cc1)NCc1coc(-c2ccccc2)n1. The lowest BCUT2D eigenvalue weighted by Crippen LogP contribution is -2.36. The van der Waals surface area contributed by atoms with Gasteiger partial charge in [-0.3, -0.25) is 15.1 Å². The number of nitro benzene ring substituents is 1. The summed E-state index contributed by atoms with van der Waals surface area (Å²) in [6.45, 7) is 0.946. The van der Waals surface area contributed by atoms with E-state index in [2.05, 4.69) is 20.6 Å². The third-order valence-electron chi connectivity index (χ3n) is 3.84. The second-order valence-corrected chi connectivity index (χ2v) is 5.71. The Morgan fingerprint density at radius 3 is 2.48 bits per heavy atom. The van der Waals surface area contributed by atoms with Crippen molar-refractivity contribution in [2.75, 3.05) is 7.05 Å². The molecule has 27 heavy (non-hydrogen) atoms. The number of nitrogens with one attached hydrogen (secondary N) is 2. The molecule has 3 aromatic rings. The number of nitrogens with zero attached hydrogens (tertiary/aromatic N) is 3. The lowest BCUT2D eigenvalue weighted by molar-refractivity contribution is -0.384. The normalized spacial score (nSPS) is 11.2. The lowest BCUT2D eigenvalue weighted by Gasteiger charge is -2.10. The Balaban J connectivity index is 1.52. The minimum absolute atomic E-state index is 0.0708. The number of hydrogen-bond acceptors (Lipinski definition) is 5. The quantitative estimate of drug-likeness (QED) is 0.301. The van der Waals surface area contributed by atoms with Gasteiger partial charge in [0.05, 0.1) is 17.2 Å². The number of aliphatic imine (C=N–C) groups is 1. The average molecular weight is 365 g/mol. The summed E-state index contributed by atoms with van der Waals surface area (Å²) in [5.41, 5.74) is 2.66. The number of nitro groups is 1. The van der Waals surface area contributed by atoms with Crippen molar-refractivity contribution < 1.29 is 9.34 Å². The van der Waals surface area contributed by atoms with E-state index in [1.807, 2.05) is 30.3 Å². The van der Waals surface area contributed by atoms with E-state index in [9.17, 15) is 10.1 Å². The molecule has 0 aliphatic carbocycles. The van der Waals surface area contributed by atoms with E-state index in [0.717, 1.165) is 16.8 Å². The van der Waals surface area contributed by atoms with Crippen molar-refractivity contribution in [2.24, 2.45) is 4.99 Å². The molecule has 0 saturated heterocycles. The minimum atomic E-state index is -0.417. The maximum atomic E-state index is 10.7. The fraction of sp³-hybridized carbons (Fsp3) is 0.158. The summed E-state index contributed by atoms with van der Waals surface area (Å²) < 4.78 is 5.51. The van der Waals surface area contributed by atoms with Crippen LogP contribution in [0.2, 0.25) is 0 Å². The molecule has 0 saturated carbocycles. The van der Waals surface area contributed by atoms with Crippen molar-refractivity contribution in [3.63, 3.8) is 0 Å². The first-order valence-corrected chi connectivity index (χ1v) is 8.33. The molecule has 0 spiro atoms. The van der Waals surface area contributed by atoms with Gasteiger partial charge < -0.3 is 15.1 Å². The van der Waals surface area contributed by atoms with Gasteiger partial charge in [-0.2, -0.15) is 0 Å². The van der Waals surface area contributed by atoms with Crippen LogP contribution in [0.1, 0.15) is 11.3 Å². The molecule has 0 aliphatic rings. The fourth-order valence-electron chi connectivity index (χ4n) is 2.42. The Bertz CT molecular complexity index is 920. The predicted octanol–water partition coefficient (Wildman–Crippen LogP) is 3.12. The van der Waals surface area contributed by atoms with Crippen LogP contribution in [-0.4, -0.2) is 22.9 Å². The van der Waals surface area contributed by atoms with Crippen LogP contribution in [0.5, 0.6) is 0 Å². The van der Waals surface area contributed by atoms with Crippen molar-refractivity contribution in [3.05, 3.63) is 82.2 Å². The number of benzene rings is 2. The van der Waals surface area contributed by atoms with Gasteiger partial charge in [-0.15, -0.1) is 0 Å². The number of aromatic nitrogens is 1. The molecular weight excluding hydrogens is 346 g/mol. The Morgan fingerprint density at radius 1 is 1.11 bits per heavy atom. The van der Waals surface area contributed by atoms with Crippen LogP contribution in [0.4, 0.5) is 5.69 Å². The van der Waals surface area contributed by atoms with E-state index >= 15 is 0 Å². The van der Waals surface area contributed by atoms with Crippen molar-refractivity contribution in [1.29, 1.82) is 0 Å². The highest BCUT2D eigenvalue weighted by Gasteiger charge is 2.08. The van der Waals surface area contributed by atoms with Gasteiger partial charge in [-0.25, -0.2) is 4.98 Å². The van der Waals surface area contributed by atoms with E-state index in [-0.39, 0.29) is 5.69 Å². The molecule has 138 valence electrons. The highest BCUT2D eigenvalue weighted by atomic mass is 16.6. The highest BCUT2D eigenvalue weighted by Crippen LogP contribution is 2.17. The van der Waals surface area contributed by atoms with Gasteiger partial charge in [0.2, 0.25) is 5.89 Å². The average Bonchev–Trinajstić information content (AvgIpc) is 3.18. The highest BCUT2D eigenvalue weighted by molar-refractivity contribution is 5.79. The smallest absolute Gasteiger partial charge is 0.269 e. The molecule has 8 nitrogen and oxygen atoms in total. The fourth-order valence-corrected chi connectivity index (χ4v) is 2.42. The standard InChI is InChI=1S/C19H19N5O3/c1-20-19(21-11-14-7-9-17(10-8-14)24(25)26)22-12-16-13-27-18(23-16)15-5-3-2-4-6-15/h2-10,13H,11-12H2,1H3,(H2,20,21,22). The summed E-state index contributed by atoms with van der Waals surface area (Å²) in [4.78, 5) is 18.9. The predicted molar refractivity (Wildman–Crippen MR) is 102 cm³/mol. The summed E-state index contributed by atoms with van der Waals surface area (Å²) >= 11 is 0. The Morgan fingerprint density at radius 2 is 1.81 bits per heavy atom. The third kappa shape index (κ3) is 4.91. The topological polar surface area (TPSA) is 106 Å². The van der Waals surface area contributed by atoms with Crippen LogP contribution in [0.3, 0.4) is 0 Å². The molecule has 0 radical (unpaired) electrons. The molecule has 3 rings (SSSR count). The Labute approximate surface area is 156 Å². The molecule has 0 atom stereocenters. The van der Waals surface area contributed by atoms with Crippen molar-refractivity contribution in [3.8, 4) is 11.5 Å². The number of rotatable bonds is 6. The first kappa shape index (κ1) is 18.1.